The maximum Gasteiger partial charge on any atom is 0.161 e. The maximum absolute atomic E-state index is 9.92. The van der Waals surface area contributed by atoms with Gasteiger partial charge in [-0.1, -0.05) is 0 Å². The van der Waals surface area contributed by atoms with Crippen molar-refractivity contribution in [1.82, 2.24) is 0 Å². The number of ether oxygens (including phenoxy) is 3. The molecule has 0 aliphatic carbocycles. The summed E-state index contributed by atoms with van der Waals surface area (Å²) in [5.74, 6) is 0. The summed E-state index contributed by atoms with van der Waals surface area (Å²) < 4.78 is 15.9. The van der Waals surface area contributed by atoms with Crippen LogP contribution in [0, 0.1) is 0 Å². The summed E-state index contributed by atoms with van der Waals surface area (Å²) in [4.78, 5) is 0. The third-order valence-electron chi connectivity index (χ3n) is 3.73. The fourth-order valence-corrected chi connectivity index (χ4v) is 2.58. The Bertz CT molecular complexity index is 328. The normalized spacial score (nSPS) is 48.3. The molecule has 0 aromatic heterocycles. The molecule has 9 nitrogen and oxygen atoms in total. The van der Waals surface area contributed by atoms with Gasteiger partial charge in [-0.3, -0.25) is 0 Å². The quantitative estimate of drug-likeness (QED) is 0.313. The van der Waals surface area contributed by atoms with E-state index in [1.54, 1.807) is 0 Å². The Balaban J connectivity index is 1.99. The predicted octanol–water partition coefficient (Wildman–Crippen LogP) is -3.34. The second-order valence-electron chi connectivity index (χ2n) is 5.30. The average molecular weight is 310 g/mol. The van der Waals surface area contributed by atoms with Crippen LogP contribution in [0.3, 0.4) is 0 Å². The van der Waals surface area contributed by atoms with Crippen LogP contribution in [0.25, 0.3) is 0 Å². The molecule has 2 saturated heterocycles. The molecule has 9 heteroatoms. The summed E-state index contributed by atoms with van der Waals surface area (Å²) in [6.07, 6.45) is -8.64. The highest BCUT2D eigenvalue weighted by atomic mass is 16.7. The molecule has 2 rings (SSSR count). The van der Waals surface area contributed by atoms with Crippen molar-refractivity contribution in [2.45, 2.75) is 62.0 Å². The highest BCUT2D eigenvalue weighted by molar-refractivity contribution is 4.87. The number of rotatable bonds is 4. The summed E-state index contributed by atoms with van der Waals surface area (Å²) >= 11 is 0. The molecule has 0 saturated carbocycles. The lowest BCUT2D eigenvalue weighted by Crippen LogP contribution is -2.56. The van der Waals surface area contributed by atoms with Crippen LogP contribution in [0.4, 0.5) is 0 Å². The summed E-state index contributed by atoms with van der Waals surface area (Å²) in [6, 6.07) is 0. The van der Waals surface area contributed by atoms with Crippen LogP contribution < -0.4 is 0 Å². The standard InChI is InChI=1S/C12H22O9/c13-3-7-11(18)5(15)2-10(20-7)21-12-6(16)1-9(17)19-8(12)4-14/h5-18H,1-4H2/t5-,6-,7-,8-,9+,10+,11-,12+/m1/s1. The zero-order valence-corrected chi connectivity index (χ0v) is 11.4. The minimum atomic E-state index is -1.22. The zero-order chi connectivity index (χ0) is 15.6. The van der Waals surface area contributed by atoms with E-state index in [-0.39, 0.29) is 12.8 Å². The second kappa shape index (κ2) is 7.27. The smallest absolute Gasteiger partial charge is 0.161 e. The van der Waals surface area contributed by atoms with Gasteiger partial charge in [0.2, 0.25) is 0 Å². The van der Waals surface area contributed by atoms with E-state index in [4.69, 9.17) is 19.3 Å². The molecule has 6 N–H and O–H groups in total. The van der Waals surface area contributed by atoms with Crippen molar-refractivity contribution in [2.24, 2.45) is 0 Å². The highest BCUT2D eigenvalue weighted by Gasteiger charge is 2.43. The molecule has 124 valence electrons. The lowest BCUT2D eigenvalue weighted by atomic mass is 10.00. The summed E-state index contributed by atoms with van der Waals surface area (Å²) in [7, 11) is 0. The van der Waals surface area contributed by atoms with E-state index in [0.29, 0.717) is 0 Å². The minimum absolute atomic E-state index is 0.0540. The van der Waals surface area contributed by atoms with Gasteiger partial charge in [0.25, 0.3) is 0 Å². The molecule has 0 aromatic rings. The maximum atomic E-state index is 9.92. The third-order valence-corrected chi connectivity index (χ3v) is 3.73. The van der Waals surface area contributed by atoms with Gasteiger partial charge in [-0.15, -0.1) is 0 Å². The van der Waals surface area contributed by atoms with Crippen LogP contribution in [-0.2, 0) is 14.2 Å². The van der Waals surface area contributed by atoms with Crippen molar-refractivity contribution in [3.05, 3.63) is 0 Å². The molecule has 0 unspecified atom stereocenters. The number of hydrogen-bond donors (Lipinski definition) is 6. The SMILES string of the molecule is OC[C@H]1O[C@@H](O[C@H]2[C@H](O)C[C@@H](O)O[C@@H]2CO)C[C@@H](O)[C@H]1O. The van der Waals surface area contributed by atoms with Crippen LogP contribution in [0.5, 0.6) is 0 Å². The van der Waals surface area contributed by atoms with Gasteiger partial charge in [0.15, 0.2) is 12.6 Å². The van der Waals surface area contributed by atoms with Crippen molar-refractivity contribution in [2.75, 3.05) is 13.2 Å². The van der Waals surface area contributed by atoms with Crippen molar-refractivity contribution >= 4 is 0 Å². The van der Waals surface area contributed by atoms with Crippen molar-refractivity contribution in [1.29, 1.82) is 0 Å². The first kappa shape index (κ1) is 17.0. The van der Waals surface area contributed by atoms with Gasteiger partial charge < -0.3 is 44.8 Å². The van der Waals surface area contributed by atoms with E-state index in [0.717, 1.165) is 0 Å². The Morgan fingerprint density at radius 2 is 1.52 bits per heavy atom. The van der Waals surface area contributed by atoms with Gasteiger partial charge in [0, 0.05) is 12.8 Å². The first-order valence-electron chi connectivity index (χ1n) is 6.86. The summed E-state index contributed by atoms with van der Waals surface area (Å²) in [6.45, 7) is -0.968. The van der Waals surface area contributed by atoms with Crippen LogP contribution in [0.1, 0.15) is 12.8 Å². The van der Waals surface area contributed by atoms with E-state index >= 15 is 0 Å². The average Bonchev–Trinajstić information content (AvgIpc) is 2.45. The molecule has 2 aliphatic heterocycles. The Hall–Kier alpha value is -0.360. The molecule has 2 aliphatic rings. The van der Waals surface area contributed by atoms with E-state index in [2.05, 4.69) is 0 Å². The van der Waals surface area contributed by atoms with Gasteiger partial charge in [-0.25, -0.2) is 0 Å². The van der Waals surface area contributed by atoms with Crippen LogP contribution in [0.15, 0.2) is 0 Å². The van der Waals surface area contributed by atoms with Crippen LogP contribution >= 0.6 is 0 Å². The second-order valence-corrected chi connectivity index (χ2v) is 5.30. The van der Waals surface area contributed by atoms with Gasteiger partial charge in [0.1, 0.15) is 24.4 Å². The summed E-state index contributed by atoms with van der Waals surface area (Å²) in [5, 5.41) is 56.9. The Kier molecular flexibility index (Phi) is 5.88. The van der Waals surface area contributed by atoms with Gasteiger partial charge in [0.05, 0.1) is 25.4 Å². The van der Waals surface area contributed by atoms with E-state index in [9.17, 15) is 25.5 Å². The van der Waals surface area contributed by atoms with Gasteiger partial charge in [-0.05, 0) is 0 Å². The third kappa shape index (κ3) is 3.89. The fraction of sp³-hybridized carbons (Fsp3) is 1.00. The monoisotopic (exact) mass is 310 g/mol. The van der Waals surface area contributed by atoms with E-state index in [1.165, 1.54) is 0 Å². The Labute approximate surface area is 121 Å². The highest BCUT2D eigenvalue weighted by Crippen LogP contribution is 2.27. The minimum Gasteiger partial charge on any atom is -0.394 e. The molecule has 0 radical (unpaired) electrons. The first-order chi connectivity index (χ1) is 9.96. The zero-order valence-electron chi connectivity index (χ0n) is 11.4. The fourth-order valence-electron chi connectivity index (χ4n) is 2.58. The van der Waals surface area contributed by atoms with E-state index in [1.807, 2.05) is 0 Å². The molecular weight excluding hydrogens is 288 g/mol. The molecule has 0 spiro atoms. The van der Waals surface area contributed by atoms with Crippen molar-refractivity contribution in [3.63, 3.8) is 0 Å². The molecule has 0 bridgehead atoms. The van der Waals surface area contributed by atoms with Crippen LogP contribution in [0.2, 0.25) is 0 Å². The van der Waals surface area contributed by atoms with Crippen molar-refractivity contribution in [3.8, 4) is 0 Å². The molecular formula is C12H22O9. The van der Waals surface area contributed by atoms with Crippen molar-refractivity contribution < 1.29 is 44.8 Å². The Morgan fingerprint density at radius 3 is 2.14 bits per heavy atom. The molecule has 2 fully saturated rings. The number of aliphatic hydroxyl groups is 6. The lowest BCUT2D eigenvalue weighted by Gasteiger charge is -2.42. The number of hydrogen-bond acceptors (Lipinski definition) is 9. The largest absolute Gasteiger partial charge is 0.394 e. The molecule has 21 heavy (non-hydrogen) atoms. The molecule has 0 amide bonds. The van der Waals surface area contributed by atoms with E-state index < -0.39 is 62.4 Å². The number of aliphatic hydroxyl groups excluding tert-OH is 6. The van der Waals surface area contributed by atoms with Gasteiger partial charge >= 0.3 is 0 Å². The molecule has 2 heterocycles. The molecule has 8 atom stereocenters. The molecule has 0 aromatic carbocycles. The van der Waals surface area contributed by atoms with Crippen LogP contribution in [-0.4, -0.2) is 93.1 Å². The first-order valence-corrected chi connectivity index (χ1v) is 6.86. The summed E-state index contributed by atoms with van der Waals surface area (Å²) in [5.41, 5.74) is 0. The topological polar surface area (TPSA) is 149 Å². The Morgan fingerprint density at radius 1 is 0.857 bits per heavy atom. The predicted molar refractivity (Wildman–Crippen MR) is 65.8 cm³/mol. The lowest BCUT2D eigenvalue weighted by molar-refractivity contribution is -0.316. The van der Waals surface area contributed by atoms with Gasteiger partial charge in [-0.2, -0.15) is 0 Å².